The number of carbonyl (C=O) groups is 2. The summed E-state index contributed by atoms with van der Waals surface area (Å²) in [5.74, 6) is -5.78. The van der Waals surface area contributed by atoms with Crippen molar-refractivity contribution in [2.24, 2.45) is 5.41 Å². The largest absolute Gasteiger partial charge is 0.353 e. The van der Waals surface area contributed by atoms with Gasteiger partial charge in [-0.1, -0.05) is 17.3 Å². The number of aromatic nitrogens is 2. The lowest BCUT2D eigenvalue weighted by molar-refractivity contribution is -0.126. The maximum absolute atomic E-state index is 14.6. The number of hydrogen-bond donors (Lipinski definition) is 2. The van der Waals surface area contributed by atoms with Crippen LogP contribution in [0.4, 0.5) is 28.9 Å². The summed E-state index contributed by atoms with van der Waals surface area (Å²) in [4.78, 5) is 28.8. The summed E-state index contributed by atoms with van der Waals surface area (Å²) in [6.07, 6.45) is 3.43. The number of carbonyl (C=O) groups excluding carboxylic acids is 2. The van der Waals surface area contributed by atoms with E-state index in [0.29, 0.717) is 19.8 Å². The molecule has 0 bridgehead atoms. The maximum atomic E-state index is 14.6. The molecule has 2 aromatic heterocycles. The molecule has 1 aliphatic rings. The molecular weight excluding hydrogens is 456 g/mol. The Kier molecular flexibility index (Phi) is 6.11. The van der Waals surface area contributed by atoms with E-state index in [2.05, 4.69) is 20.8 Å². The van der Waals surface area contributed by atoms with Crippen molar-refractivity contribution >= 4 is 23.1 Å². The quantitative estimate of drug-likeness (QED) is 0.338. The van der Waals surface area contributed by atoms with Gasteiger partial charge in [-0.2, -0.15) is 0 Å². The molecule has 1 aromatic carbocycles. The van der Waals surface area contributed by atoms with Crippen LogP contribution in [0.3, 0.4) is 0 Å². The van der Waals surface area contributed by atoms with Gasteiger partial charge in [0, 0.05) is 31.0 Å². The third-order valence-corrected chi connectivity index (χ3v) is 5.64. The fraction of sp³-hybridized carbons (Fsp3) is 0.304. The first-order chi connectivity index (χ1) is 16.1. The molecule has 0 saturated heterocycles. The first kappa shape index (κ1) is 23.4. The van der Waals surface area contributed by atoms with Gasteiger partial charge in [0.1, 0.15) is 11.6 Å². The van der Waals surface area contributed by atoms with Crippen LogP contribution in [0.2, 0.25) is 0 Å². The van der Waals surface area contributed by atoms with Gasteiger partial charge < -0.3 is 15.2 Å². The molecule has 2 N–H and O–H groups in total. The minimum Gasteiger partial charge on any atom is -0.353 e. The Labute approximate surface area is 191 Å². The number of anilines is 2. The van der Waals surface area contributed by atoms with Gasteiger partial charge in [0.2, 0.25) is 17.5 Å². The van der Waals surface area contributed by atoms with E-state index in [1.807, 2.05) is 0 Å². The third-order valence-electron chi connectivity index (χ3n) is 5.64. The minimum atomic E-state index is -3.33. The Balaban J connectivity index is 1.41. The number of halogens is 4. The number of benzene rings is 1. The van der Waals surface area contributed by atoms with Crippen LogP contribution in [-0.4, -0.2) is 21.8 Å². The normalized spacial score (nSPS) is 14.5. The van der Waals surface area contributed by atoms with Crippen molar-refractivity contribution < 1.29 is 31.7 Å². The lowest BCUT2D eigenvalue weighted by atomic mass is 9.97. The number of para-hydroxylation sites is 1. The Morgan fingerprint density at radius 2 is 1.94 bits per heavy atom. The van der Waals surface area contributed by atoms with E-state index in [-0.39, 0.29) is 35.9 Å². The highest BCUT2D eigenvalue weighted by Gasteiger charge is 2.51. The standard InChI is InChI=1S/C23H20F4N4O3/c1-22(26,27)14-3-2-4-15(24)20(14)31-13-9-16(25)17(28-11-13)12-29-21(33)23(6-7-23)10-18(32)19-5-8-30-34-19/h2-5,8-9,11,31H,6-7,10,12H2,1H3,(H,29,33). The van der Waals surface area contributed by atoms with Crippen LogP contribution in [-0.2, 0) is 17.3 Å². The molecule has 1 aliphatic carbocycles. The predicted octanol–water partition coefficient (Wildman–Crippen LogP) is 4.87. The second-order valence-electron chi connectivity index (χ2n) is 8.27. The molecule has 7 nitrogen and oxygen atoms in total. The molecule has 0 aliphatic heterocycles. The van der Waals surface area contributed by atoms with E-state index in [9.17, 15) is 27.2 Å². The van der Waals surface area contributed by atoms with Crippen LogP contribution < -0.4 is 10.6 Å². The Morgan fingerprint density at radius 3 is 2.56 bits per heavy atom. The van der Waals surface area contributed by atoms with Gasteiger partial charge in [-0.25, -0.2) is 17.6 Å². The van der Waals surface area contributed by atoms with Gasteiger partial charge in [0.15, 0.2) is 0 Å². The Morgan fingerprint density at radius 1 is 1.18 bits per heavy atom. The summed E-state index contributed by atoms with van der Waals surface area (Å²) in [6, 6.07) is 5.62. The van der Waals surface area contributed by atoms with Crippen molar-refractivity contribution in [2.75, 3.05) is 5.32 Å². The lowest BCUT2D eigenvalue weighted by Gasteiger charge is -2.18. The first-order valence-electron chi connectivity index (χ1n) is 10.4. The molecule has 1 saturated carbocycles. The topological polar surface area (TPSA) is 97.1 Å². The summed E-state index contributed by atoms with van der Waals surface area (Å²) < 4.78 is 61.2. The summed E-state index contributed by atoms with van der Waals surface area (Å²) in [6.45, 7) is 0.379. The molecule has 0 radical (unpaired) electrons. The molecule has 1 fully saturated rings. The highest BCUT2D eigenvalue weighted by Crippen LogP contribution is 2.49. The zero-order chi connectivity index (χ0) is 24.5. The van der Waals surface area contributed by atoms with Gasteiger partial charge in [0.25, 0.3) is 5.92 Å². The van der Waals surface area contributed by atoms with Crippen molar-refractivity contribution in [3.63, 3.8) is 0 Å². The van der Waals surface area contributed by atoms with E-state index in [0.717, 1.165) is 30.5 Å². The second-order valence-corrected chi connectivity index (χ2v) is 8.27. The Hall–Kier alpha value is -3.76. The van der Waals surface area contributed by atoms with Crippen LogP contribution in [0.5, 0.6) is 0 Å². The number of nitrogens with zero attached hydrogens (tertiary/aromatic N) is 2. The Bertz CT molecular complexity index is 1220. The number of rotatable bonds is 9. The monoisotopic (exact) mass is 476 g/mol. The number of pyridine rings is 1. The fourth-order valence-electron chi connectivity index (χ4n) is 3.57. The predicted molar refractivity (Wildman–Crippen MR) is 112 cm³/mol. The third kappa shape index (κ3) is 4.92. The number of amides is 1. The molecule has 0 unspecified atom stereocenters. The average Bonchev–Trinajstić information content (AvgIpc) is 3.34. The van der Waals surface area contributed by atoms with Crippen molar-refractivity contribution in [2.45, 2.75) is 38.7 Å². The van der Waals surface area contributed by atoms with Crippen molar-refractivity contribution in [1.29, 1.82) is 0 Å². The number of ketones is 1. The van der Waals surface area contributed by atoms with E-state index < -0.39 is 40.1 Å². The maximum Gasteiger partial charge on any atom is 0.272 e. The van der Waals surface area contributed by atoms with Crippen LogP contribution in [0.25, 0.3) is 0 Å². The highest BCUT2D eigenvalue weighted by atomic mass is 19.3. The van der Waals surface area contributed by atoms with Crippen LogP contribution in [0.15, 0.2) is 47.2 Å². The SMILES string of the molecule is CC(F)(F)c1cccc(F)c1Nc1cnc(CNC(=O)C2(CC(=O)c3ccno3)CC2)c(F)c1. The van der Waals surface area contributed by atoms with Gasteiger partial charge in [-0.05, 0) is 18.9 Å². The molecule has 1 amide bonds. The van der Waals surface area contributed by atoms with E-state index in [1.54, 1.807) is 0 Å². The summed E-state index contributed by atoms with van der Waals surface area (Å²) in [5, 5.41) is 8.50. The zero-order valence-corrected chi connectivity index (χ0v) is 18.0. The number of nitrogens with one attached hydrogen (secondary N) is 2. The van der Waals surface area contributed by atoms with E-state index in [1.165, 1.54) is 12.3 Å². The molecule has 3 aromatic rings. The summed E-state index contributed by atoms with van der Waals surface area (Å²) >= 11 is 0. The molecule has 34 heavy (non-hydrogen) atoms. The van der Waals surface area contributed by atoms with Crippen LogP contribution in [0, 0.1) is 17.0 Å². The molecule has 0 atom stereocenters. The molecular formula is C23H20F4N4O3. The average molecular weight is 476 g/mol. The number of Topliss-reactive ketones (excluding diaryl/α,β-unsaturated/α-hetero) is 1. The smallest absolute Gasteiger partial charge is 0.272 e. The van der Waals surface area contributed by atoms with E-state index in [4.69, 9.17) is 4.52 Å². The van der Waals surface area contributed by atoms with Crippen LogP contribution in [0.1, 0.15) is 48.0 Å². The van der Waals surface area contributed by atoms with Gasteiger partial charge in [-0.3, -0.25) is 14.6 Å². The molecule has 2 heterocycles. The molecule has 4 rings (SSSR count). The first-order valence-corrected chi connectivity index (χ1v) is 10.4. The van der Waals surface area contributed by atoms with E-state index >= 15 is 0 Å². The highest BCUT2D eigenvalue weighted by molar-refractivity contribution is 5.98. The van der Waals surface area contributed by atoms with Gasteiger partial charge in [0.05, 0.1) is 41.4 Å². The van der Waals surface area contributed by atoms with Crippen molar-refractivity contribution in [3.8, 4) is 0 Å². The van der Waals surface area contributed by atoms with Gasteiger partial charge >= 0.3 is 0 Å². The summed E-state index contributed by atoms with van der Waals surface area (Å²) in [7, 11) is 0. The fourth-order valence-corrected chi connectivity index (χ4v) is 3.57. The molecule has 178 valence electrons. The van der Waals surface area contributed by atoms with Gasteiger partial charge in [-0.15, -0.1) is 0 Å². The second kappa shape index (κ2) is 8.88. The van der Waals surface area contributed by atoms with Crippen molar-refractivity contribution in [1.82, 2.24) is 15.5 Å². The molecule has 0 spiro atoms. The summed E-state index contributed by atoms with van der Waals surface area (Å²) in [5.41, 5.74) is -2.09. The zero-order valence-electron chi connectivity index (χ0n) is 18.0. The van der Waals surface area contributed by atoms with Crippen molar-refractivity contribution in [3.05, 3.63) is 71.4 Å². The lowest BCUT2D eigenvalue weighted by Crippen LogP contribution is -2.33. The molecule has 11 heteroatoms. The minimum absolute atomic E-state index is 0.0421. The number of hydrogen-bond acceptors (Lipinski definition) is 6. The van der Waals surface area contributed by atoms with Crippen LogP contribution >= 0.6 is 0 Å². The number of alkyl halides is 2.